The molecule has 13 heavy (non-hydrogen) atoms. The molecule has 0 atom stereocenters. The van der Waals surface area contributed by atoms with E-state index in [9.17, 15) is 0 Å². The number of thioether (sulfide) groups is 1. The molecule has 74 valence electrons. The van der Waals surface area contributed by atoms with E-state index >= 15 is 0 Å². The van der Waals surface area contributed by atoms with Gasteiger partial charge in [0.05, 0.1) is 5.69 Å². The third-order valence-corrected chi connectivity index (χ3v) is 2.92. The van der Waals surface area contributed by atoms with Crippen molar-refractivity contribution in [2.24, 2.45) is 12.8 Å². The molecule has 4 heteroatoms. The topological polar surface area (TPSA) is 43.8 Å². The molecule has 0 saturated carbocycles. The van der Waals surface area contributed by atoms with Crippen LogP contribution in [-0.2, 0) is 12.8 Å². The van der Waals surface area contributed by atoms with Crippen LogP contribution in [0.3, 0.4) is 0 Å². The molecular formula is C9H17N3S. The summed E-state index contributed by atoms with van der Waals surface area (Å²) >= 11 is 1.92. The molecule has 0 spiro atoms. The maximum absolute atomic E-state index is 5.41. The Labute approximate surface area is 83.7 Å². The van der Waals surface area contributed by atoms with Crippen molar-refractivity contribution in [3.8, 4) is 0 Å². The SMILES string of the molecule is Cc1cc(CSCCCN)n(C)n1. The van der Waals surface area contributed by atoms with Gasteiger partial charge >= 0.3 is 0 Å². The summed E-state index contributed by atoms with van der Waals surface area (Å²) < 4.78 is 1.95. The zero-order chi connectivity index (χ0) is 9.68. The van der Waals surface area contributed by atoms with E-state index in [1.807, 2.05) is 30.4 Å². The lowest BCUT2D eigenvalue weighted by Gasteiger charge is -2.00. The molecule has 1 rings (SSSR count). The standard InChI is InChI=1S/C9H17N3S/c1-8-6-9(12(2)11-8)7-13-5-3-4-10/h6H,3-5,7,10H2,1-2H3. The molecule has 0 aliphatic rings. The zero-order valence-electron chi connectivity index (χ0n) is 8.29. The van der Waals surface area contributed by atoms with Crippen molar-refractivity contribution in [2.75, 3.05) is 12.3 Å². The fourth-order valence-corrected chi connectivity index (χ4v) is 2.16. The van der Waals surface area contributed by atoms with E-state index in [2.05, 4.69) is 11.2 Å². The summed E-state index contributed by atoms with van der Waals surface area (Å²) in [6.45, 7) is 2.81. The smallest absolute Gasteiger partial charge is 0.0596 e. The van der Waals surface area contributed by atoms with E-state index < -0.39 is 0 Å². The van der Waals surface area contributed by atoms with Gasteiger partial charge in [0, 0.05) is 18.5 Å². The van der Waals surface area contributed by atoms with Crippen molar-refractivity contribution in [3.05, 3.63) is 17.5 Å². The van der Waals surface area contributed by atoms with Gasteiger partial charge in [0.2, 0.25) is 0 Å². The highest BCUT2D eigenvalue weighted by Gasteiger charge is 2.00. The van der Waals surface area contributed by atoms with Crippen molar-refractivity contribution >= 4 is 11.8 Å². The van der Waals surface area contributed by atoms with Gasteiger partial charge in [-0.3, -0.25) is 4.68 Å². The maximum atomic E-state index is 5.41. The summed E-state index contributed by atoms with van der Waals surface area (Å²) in [6, 6.07) is 2.13. The van der Waals surface area contributed by atoms with Crippen molar-refractivity contribution in [1.82, 2.24) is 9.78 Å². The predicted octanol–water partition coefficient (Wildman–Crippen LogP) is 1.31. The van der Waals surface area contributed by atoms with Crippen molar-refractivity contribution < 1.29 is 0 Å². The Morgan fingerprint density at radius 3 is 2.92 bits per heavy atom. The Balaban J connectivity index is 2.32. The van der Waals surface area contributed by atoms with E-state index in [4.69, 9.17) is 5.73 Å². The Bertz CT molecular complexity index is 257. The highest BCUT2D eigenvalue weighted by Crippen LogP contribution is 2.12. The Hall–Kier alpha value is -0.480. The molecular weight excluding hydrogens is 182 g/mol. The van der Waals surface area contributed by atoms with Crippen molar-refractivity contribution in [2.45, 2.75) is 19.1 Å². The van der Waals surface area contributed by atoms with Gasteiger partial charge in [-0.25, -0.2) is 0 Å². The maximum Gasteiger partial charge on any atom is 0.0596 e. The molecule has 0 amide bonds. The van der Waals surface area contributed by atoms with Crippen molar-refractivity contribution in [1.29, 1.82) is 0 Å². The molecule has 0 radical (unpaired) electrons. The first kappa shape index (κ1) is 10.6. The number of aryl methyl sites for hydroxylation is 2. The minimum absolute atomic E-state index is 0.789. The summed E-state index contributed by atoms with van der Waals surface area (Å²) in [5.41, 5.74) is 7.80. The molecule has 1 aromatic heterocycles. The van der Waals surface area contributed by atoms with Crippen LogP contribution in [0.15, 0.2) is 6.07 Å². The molecule has 0 aliphatic heterocycles. The van der Waals surface area contributed by atoms with E-state index in [1.165, 1.54) is 5.69 Å². The quantitative estimate of drug-likeness (QED) is 0.727. The van der Waals surface area contributed by atoms with Crippen LogP contribution in [0.5, 0.6) is 0 Å². The lowest BCUT2D eigenvalue weighted by atomic mass is 10.4. The van der Waals surface area contributed by atoms with Gasteiger partial charge < -0.3 is 5.73 Å². The minimum atomic E-state index is 0.789. The molecule has 2 N–H and O–H groups in total. The van der Waals surface area contributed by atoms with Crippen LogP contribution in [-0.4, -0.2) is 22.1 Å². The first-order valence-electron chi connectivity index (χ1n) is 4.51. The highest BCUT2D eigenvalue weighted by molar-refractivity contribution is 7.98. The molecule has 3 nitrogen and oxygen atoms in total. The summed E-state index contributed by atoms with van der Waals surface area (Å²) in [7, 11) is 1.99. The number of rotatable bonds is 5. The van der Waals surface area contributed by atoms with E-state index in [0.717, 1.165) is 30.2 Å². The van der Waals surface area contributed by atoms with E-state index in [0.29, 0.717) is 0 Å². The van der Waals surface area contributed by atoms with Crippen molar-refractivity contribution in [3.63, 3.8) is 0 Å². The normalized spacial score (nSPS) is 10.7. The van der Waals surface area contributed by atoms with Gasteiger partial charge in [-0.05, 0) is 31.7 Å². The molecule has 1 heterocycles. The predicted molar refractivity (Wildman–Crippen MR) is 57.8 cm³/mol. The molecule has 0 unspecified atom stereocenters. The largest absolute Gasteiger partial charge is 0.330 e. The first-order chi connectivity index (χ1) is 6.24. The van der Waals surface area contributed by atoms with Crippen LogP contribution in [0.25, 0.3) is 0 Å². The van der Waals surface area contributed by atoms with Crippen LogP contribution in [0.2, 0.25) is 0 Å². The molecule has 0 aromatic carbocycles. The van der Waals surface area contributed by atoms with Crippen LogP contribution < -0.4 is 5.73 Å². The molecule has 0 saturated heterocycles. The van der Waals surface area contributed by atoms with Crippen LogP contribution in [0.4, 0.5) is 0 Å². The minimum Gasteiger partial charge on any atom is -0.330 e. The average Bonchev–Trinajstić information content (AvgIpc) is 2.39. The molecule has 0 fully saturated rings. The fourth-order valence-electron chi connectivity index (χ4n) is 1.16. The molecule has 0 aliphatic carbocycles. The molecule has 0 bridgehead atoms. The van der Waals surface area contributed by atoms with Gasteiger partial charge in [-0.15, -0.1) is 0 Å². The summed E-state index contributed by atoms with van der Waals surface area (Å²) in [4.78, 5) is 0. The van der Waals surface area contributed by atoms with Gasteiger partial charge in [0.1, 0.15) is 0 Å². The Morgan fingerprint density at radius 2 is 2.38 bits per heavy atom. The fraction of sp³-hybridized carbons (Fsp3) is 0.667. The van der Waals surface area contributed by atoms with Gasteiger partial charge in [-0.2, -0.15) is 16.9 Å². The number of nitrogens with zero attached hydrogens (tertiary/aromatic N) is 2. The van der Waals surface area contributed by atoms with Gasteiger partial charge in [-0.1, -0.05) is 0 Å². The van der Waals surface area contributed by atoms with Crippen LogP contribution in [0, 0.1) is 6.92 Å². The van der Waals surface area contributed by atoms with Crippen LogP contribution in [0.1, 0.15) is 17.8 Å². The van der Waals surface area contributed by atoms with E-state index in [1.54, 1.807) is 0 Å². The number of aromatic nitrogens is 2. The third-order valence-electron chi connectivity index (χ3n) is 1.84. The van der Waals surface area contributed by atoms with Crippen LogP contribution >= 0.6 is 11.8 Å². The Kier molecular flexibility index (Phi) is 4.32. The number of hydrogen-bond acceptors (Lipinski definition) is 3. The number of nitrogens with two attached hydrogens (primary N) is 1. The van der Waals surface area contributed by atoms with Gasteiger partial charge in [0.15, 0.2) is 0 Å². The monoisotopic (exact) mass is 199 g/mol. The summed E-state index contributed by atoms with van der Waals surface area (Å²) in [6.07, 6.45) is 1.10. The second-order valence-corrected chi connectivity index (χ2v) is 4.20. The highest BCUT2D eigenvalue weighted by atomic mass is 32.2. The second-order valence-electron chi connectivity index (χ2n) is 3.10. The second kappa shape index (κ2) is 5.29. The van der Waals surface area contributed by atoms with E-state index in [-0.39, 0.29) is 0 Å². The molecule has 1 aromatic rings. The lowest BCUT2D eigenvalue weighted by molar-refractivity contribution is 0.727. The zero-order valence-corrected chi connectivity index (χ0v) is 9.10. The first-order valence-corrected chi connectivity index (χ1v) is 5.67. The summed E-state index contributed by atoms with van der Waals surface area (Å²) in [5, 5.41) is 4.29. The third kappa shape index (κ3) is 3.40. The summed E-state index contributed by atoms with van der Waals surface area (Å²) in [5.74, 6) is 2.18. The number of hydrogen-bond donors (Lipinski definition) is 1. The van der Waals surface area contributed by atoms with Gasteiger partial charge in [0.25, 0.3) is 0 Å². The Morgan fingerprint density at radius 1 is 1.62 bits per heavy atom. The average molecular weight is 199 g/mol. The lowest BCUT2D eigenvalue weighted by Crippen LogP contribution is -2.00.